The van der Waals surface area contributed by atoms with Crippen LogP contribution in [0.3, 0.4) is 0 Å². The molecular weight excluding hydrogens is 483 g/mol. The van der Waals surface area contributed by atoms with Gasteiger partial charge >= 0.3 is 6.18 Å². The SMILES string of the molecule is CCc1cc(N2CCC(C#N)C2)ccc1Nc1ncc(C(F)(F)F)c(NCCCN2CCCCC2=O)n1. The molecule has 198 valence electrons. The minimum atomic E-state index is -4.60. The Hall–Kier alpha value is -3.55. The summed E-state index contributed by atoms with van der Waals surface area (Å²) in [5.74, 6) is -0.100. The van der Waals surface area contributed by atoms with E-state index in [9.17, 15) is 23.2 Å². The molecule has 2 saturated heterocycles. The average Bonchev–Trinajstić information content (AvgIpc) is 3.37. The van der Waals surface area contributed by atoms with Gasteiger partial charge in [0.15, 0.2) is 0 Å². The Morgan fingerprint density at radius 2 is 2.08 bits per heavy atom. The van der Waals surface area contributed by atoms with E-state index in [1.54, 1.807) is 4.90 Å². The van der Waals surface area contributed by atoms with Crippen LogP contribution in [0, 0.1) is 17.2 Å². The second kappa shape index (κ2) is 11.7. The molecule has 2 N–H and O–H groups in total. The Morgan fingerprint density at radius 1 is 1.24 bits per heavy atom. The summed E-state index contributed by atoms with van der Waals surface area (Å²) in [4.78, 5) is 24.0. The van der Waals surface area contributed by atoms with Crippen molar-refractivity contribution in [1.82, 2.24) is 14.9 Å². The average molecular weight is 516 g/mol. The number of anilines is 4. The number of nitriles is 1. The van der Waals surface area contributed by atoms with E-state index in [1.165, 1.54) is 0 Å². The quantitative estimate of drug-likeness (QED) is 0.456. The van der Waals surface area contributed by atoms with Crippen LogP contribution < -0.4 is 15.5 Å². The first-order chi connectivity index (χ1) is 17.8. The molecule has 4 rings (SSSR count). The number of carbonyl (C=O) groups excluding carboxylic acids is 1. The highest BCUT2D eigenvalue weighted by molar-refractivity contribution is 5.76. The van der Waals surface area contributed by atoms with Crippen molar-refractivity contribution in [2.45, 2.75) is 51.6 Å². The molecule has 2 aromatic rings. The lowest BCUT2D eigenvalue weighted by atomic mass is 10.1. The second-order valence-corrected chi connectivity index (χ2v) is 9.45. The predicted molar refractivity (Wildman–Crippen MR) is 136 cm³/mol. The molecule has 1 atom stereocenters. The molecule has 0 saturated carbocycles. The van der Waals surface area contributed by atoms with E-state index in [2.05, 4.69) is 31.6 Å². The summed E-state index contributed by atoms with van der Waals surface area (Å²) in [6, 6.07) is 8.16. The highest BCUT2D eigenvalue weighted by atomic mass is 19.4. The van der Waals surface area contributed by atoms with E-state index in [1.807, 2.05) is 25.1 Å². The number of nitrogens with zero attached hydrogens (tertiary/aromatic N) is 5. The molecule has 2 fully saturated rings. The summed E-state index contributed by atoms with van der Waals surface area (Å²) in [6.45, 7) is 4.95. The van der Waals surface area contributed by atoms with Gasteiger partial charge in [-0.3, -0.25) is 4.79 Å². The maximum absolute atomic E-state index is 13.6. The van der Waals surface area contributed by atoms with Crippen LogP contribution in [0.4, 0.5) is 36.3 Å². The van der Waals surface area contributed by atoms with Crippen LogP contribution >= 0.6 is 0 Å². The lowest BCUT2D eigenvalue weighted by Crippen LogP contribution is -2.36. The molecule has 1 aromatic heterocycles. The van der Waals surface area contributed by atoms with Crippen molar-refractivity contribution >= 4 is 29.0 Å². The number of piperidine rings is 1. The summed E-state index contributed by atoms with van der Waals surface area (Å²) < 4.78 is 40.8. The van der Waals surface area contributed by atoms with Gasteiger partial charge in [0.1, 0.15) is 11.4 Å². The molecule has 0 aliphatic carbocycles. The number of likely N-dealkylation sites (tertiary alicyclic amines) is 1. The molecule has 1 amide bonds. The van der Waals surface area contributed by atoms with Gasteiger partial charge in [0, 0.05) is 56.7 Å². The number of carbonyl (C=O) groups is 1. The van der Waals surface area contributed by atoms with Gasteiger partial charge in [0.05, 0.1) is 12.0 Å². The Kier molecular flexibility index (Phi) is 8.36. The first kappa shape index (κ1) is 26.5. The van der Waals surface area contributed by atoms with Gasteiger partial charge in [0.2, 0.25) is 11.9 Å². The van der Waals surface area contributed by atoms with Crippen LogP contribution in [-0.4, -0.2) is 53.5 Å². The molecule has 2 aliphatic heterocycles. The molecule has 1 aromatic carbocycles. The fourth-order valence-corrected chi connectivity index (χ4v) is 4.77. The highest BCUT2D eigenvalue weighted by Gasteiger charge is 2.35. The lowest BCUT2D eigenvalue weighted by molar-refractivity contribution is -0.137. The van der Waals surface area contributed by atoms with Crippen molar-refractivity contribution in [2.75, 3.05) is 48.3 Å². The maximum atomic E-state index is 13.6. The summed E-state index contributed by atoms with van der Waals surface area (Å²) in [5, 5.41) is 15.1. The third-order valence-electron chi connectivity index (χ3n) is 6.86. The van der Waals surface area contributed by atoms with Gasteiger partial charge in [-0.2, -0.15) is 23.4 Å². The number of aromatic nitrogens is 2. The van der Waals surface area contributed by atoms with Crippen molar-refractivity contribution in [1.29, 1.82) is 5.26 Å². The van der Waals surface area contributed by atoms with E-state index in [0.29, 0.717) is 38.9 Å². The minimum Gasteiger partial charge on any atom is -0.370 e. The monoisotopic (exact) mass is 515 g/mol. The van der Waals surface area contributed by atoms with Crippen molar-refractivity contribution in [3.8, 4) is 6.07 Å². The molecule has 37 heavy (non-hydrogen) atoms. The summed E-state index contributed by atoms with van der Waals surface area (Å²) in [7, 11) is 0. The topological polar surface area (TPSA) is 97.2 Å². The smallest absolute Gasteiger partial charge is 0.370 e. The van der Waals surface area contributed by atoms with Gasteiger partial charge in [-0.1, -0.05) is 6.92 Å². The fourth-order valence-electron chi connectivity index (χ4n) is 4.77. The van der Waals surface area contributed by atoms with Crippen LogP contribution in [0.2, 0.25) is 0 Å². The second-order valence-electron chi connectivity index (χ2n) is 9.45. The molecule has 3 heterocycles. The summed E-state index contributed by atoms with van der Waals surface area (Å²) >= 11 is 0. The van der Waals surface area contributed by atoms with Crippen molar-refractivity contribution in [3.05, 3.63) is 35.5 Å². The highest BCUT2D eigenvalue weighted by Crippen LogP contribution is 2.35. The standard InChI is InChI=1S/C26H32F3N7O/c1-2-19-14-20(36-13-9-18(15-30)17-36)7-8-22(19)33-25-32-16-21(26(27,28)29)24(34-25)31-10-5-12-35-11-4-3-6-23(35)37/h7-8,14,16,18H,2-6,9-13,17H2,1H3,(H2,31,32,33,34). The minimum absolute atomic E-state index is 0.0229. The molecular formula is C26H32F3N7O. The van der Waals surface area contributed by atoms with Crippen LogP contribution in [0.1, 0.15) is 50.2 Å². The normalized spacial score (nSPS) is 18.1. The summed E-state index contributed by atoms with van der Waals surface area (Å²) in [5.41, 5.74) is 1.78. The lowest BCUT2D eigenvalue weighted by Gasteiger charge is -2.26. The zero-order valence-electron chi connectivity index (χ0n) is 20.9. The maximum Gasteiger partial charge on any atom is 0.421 e. The molecule has 1 unspecified atom stereocenters. The van der Waals surface area contributed by atoms with E-state index < -0.39 is 11.7 Å². The van der Waals surface area contributed by atoms with Gasteiger partial charge in [-0.15, -0.1) is 0 Å². The largest absolute Gasteiger partial charge is 0.421 e. The van der Waals surface area contributed by atoms with E-state index in [4.69, 9.17) is 0 Å². The van der Waals surface area contributed by atoms with Crippen molar-refractivity contribution in [2.24, 2.45) is 5.92 Å². The number of halogens is 3. The van der Waals surface area contributed by atoms with E-state index in [-0.39, 0.29) is 30.1 Å². The molecule has 0 bridgehead atoms. The number of hydrogen-bond donors (Lipinski definition) is 2. The van der Waals surface area contributed by atoms with Crippen LogP contribution in [0.5, 0.6) is 0 Å². The zero-order chi connectivity index (χ0) is 26.4. The number of alkyl halides is 3. The number of hydrogen-bond acceptors (Lipinski definition) is 7. The van der Waals surface area contributed by atoms with Gasteiger partial charge < -0.3 is 20.4 Å². The van der Waals surface area contributed by atoms with Gasteiger partial charge in [-0.05, 0) is 55.9 Å². The zero-order valence-corrected chi connectivity index (χ0v) is 20.9. The number of benzene rings is 1. The van der Waals surface area contributed by atoms with Gasteiger partial charge in [0.25, 0.3) is 0 Å². The van der Waals surface area contributed by atoms with Crippen LogP contribution in [0.25, 0.3) is 0 Å². The van der Waals surface area contributed by atoms with Crippen molar-refractivity contribution < 1.29 is 18.0 Å². The van der Waals surface area contributed by atoms with E-state index in [0.717, 1.165) is 48.9 Å². The predicted octanol–water partition coefficient (Wildman–Crippen LogP) is 4.97. The Bertz CT molecular complexity index is 1150. The molecule has 0 spiro atoms. The van der Waals surface area contributed by atoms with E-state index >= 15 is 0 Å². The third kappa shape index (κ3) is 6.61. The number of aryl methyl sites for hydroxylation is 1. The Balaban J connectivity index is 1.45. The molecule has 8 nitrogen and oxygen atoms in total. The number of amides is 1. The first-order valence-electron chi connectivity index (χ1n) is 12.8. The number of nitrogens with one attached hydrogen (secondary N) is 2. The first-order valence-corrected chi connectivity index (χ1v) is 12.8. The third-order valence-corrected chi connectivity index (χ3v) is 6.86. The fraction of sp³-hybridized carbons (Fsp3) is 0.538. The molecule has 2 aliphatic rings. The van der Waals surface area contributed by atoms with Crippen LogP contribution in [-0.2, 0) is 17.4 Å². The van der Waals surface area contributed by atoms with Crippen molar-refractivity contribution in [3.63, 3.8) is 0 Å². The summed E-state index contributed by atoms with van der Waals surface area (Å²) in [6.07, 6.45) is 0.619. The molecule has 0 radical (unpaired) electrons. The molecule has 11 heteroatoms. The number of rotatable bonds is 9. The van der Waals surface area contributed by atoms with Gasteiger partial charge in [-0.25, -0.2) is 4.98 Å². The Labute approximate surface area is 214 Å². The Morgan fingerprint density at radius 3 is 2.78 bits per heavy atom. The van der Waals surface area contributed by atoms with Crippen LogP contribution in [0.15, 0.2) is 24.4 Å².